The normalized spacial score (nSPS) is 22.0. The number of aliphatic hydroxyl groups excluding tert-OH is 1. The Bertz CT molecular complexity index is 311. The van der Waals surface area contributed by atoms with Crippen LogP contribution in [0.4, 0.5) is 5.88 Å². The molecule has 4 heteroatoms. The van der Waals surface area contributed by atoms with E-state index in [1.165, 1.54) is 6.42 Å². The van der Waals surface area contributed by atoms with Crippen LogP contribution in [0.2, 0.25) is 0 Å². The van der Waals surface area contributed by atoms with Gasteiger partial charge < -0.3 is 20.2 Å². The Morgan fingerprint density at radius 3 is 3.00 bits per heavy atom. The second-order valence-corrected chi connectivity index (χ2v) is 3.97. The third-order valence-electron chi connectivity index (χ3n) is 2.97. The average molecular weight is 210 g/mol. The van der Waals surface area contributed by atoms with Crippen LogP contribution >= 0.6 is 0 Å². The van der Waals surface area contributed by atoms with E-state index in [1.807, 2.05) is 12.1 Å². The highest BCUT2D eigenvalue weighted by atomic mass is 16.4. The summed E-state index contributed by atoms with van der Waals surface area (Å²) in [5.41, 5.74) is 5.50. The summed E-state index contributed by atoms with van der Waals surface area (Å²) in [6.07, 6.45) is 3.39. The summed E-state index contributed by atoms with van der Waals surface area (Å²) in [4.78, 5) is 2.14. The molecule has 1 fully saturated rings. The summed E-state index contributed by atoms with van der Waals surface area (Å²) < 4.78 is 5.59. The third kappa shape index (κ3) is 2.16. The van der Waals surface area contributed by atoms with Crippen LogP contribution in [-0.4, -0.2) is 24.3 Å². The summed E-state index contributed by atoms with van der Waals surface area (Å²) in [5.74, 6) is 1.64. The molecule has 0 amide bonds. The van der Waals surface area contributed by atoms with Crippen molar-refractivity contribution in [2.75, 3.05) is 18.1 Å². The molecule has 0 bridgehead atoms. The highest BCUT2D eigenvalue weighted by molar-refractivity contribution is 5.38. The largest absolute Gasteiger partial charge is 0.444 e. The minimum Gasteiger partial charge on any atom is -0.444 e. The van der Waals surface area contributed by atoms with E-state index in [-0.39, 0.29) is 12.6 Å². The van der Waals surface area contributed by atoms with Crippen molar-refractivity contribution in [3.8, 4) is 0 Å². The van der Waals surface area contributed by atoms with E-state index in [9.17, 15) is 5.11 Å². The summed E-state index contributed by atoms with van der Waals surface area (Å²) in [7, 11) is 0. The highest BCUT2D eigenvalue weighted by Gasteiger charge is 2.23. The lowest BCUT2D eigenvalue weighted by Crippen LogP contribution is -2.41. The molecule has 1 aromatic rings. The lowest BCUT2D eigenvalue weighted by molar-refractivity contribution is 0.235. The topological polar surface area (TPSA) is 62.6 Å². The molecule has 1 atom stereocenters. The lowest BCUT2D eigenvalue weighted by atomic mass is 10.0. The fraction of sp³-hybridized carbons (Fsp3) is 0.636. The maximum absolute atomic E-state index is 9.28. The molecule has 0 saturated carbocycles. The number of hydrogen-bond donors (Lipinski definition) is 2. The zero-order valence-corrected chi connectivity index (χ0v) is 8.85. The van der Waals surface area contributed by atoms with Crippen molar-refractivity contribution in [2.45, 2.75) is 31.8 Å². The van der Waals surface area contributed by atoms with Crippen molar-refractivity contribution in [2.24, 2.45) is 5.73 Å². The van der Waals surface area contributed by atoms with Gasteiger partial charge in [0, 0.05) is 12.6 Å². The first-order valence-corrected chi connectivity index (χ1v) is 5.51. The second-order valence-electron chi connectivity index (χ2n) is 3.97. The van der Waals surface area contributed by atoms with Gasteiger partial charge in [0.1, 0.15) is 5.76 Å². The molecular weight excluding hydrogens is 192 g/mol. The smallest absolute Gasteiger partial charge is 0.196 e. The van der Waals surface area contributed by atoms with E-state index < -0.39 is 0 Å². The molecule has 2 heterocycles. The summed E-state index contributed by atoms with van der Waals surface area (Å²) >= 11 is 0. The number of rotatable bonds is 3. The molecule has 0 aromatic carbocycles. The van der Waals surface area contributed by atoms with Gasteiger partial charge in [0.25, 0.3) is 0 Å². The van der Waals surface area contributed by atoms with E-state index in [0.29, 0.717) is 6.54 Å². The molecule has 0 radical (unpaired) electrons. The number of nitrogens with two attached hydrogens (primary N) is 1. The Balaban J connectivity index is 2.12. The molecule has 4 nitrogen and oxygen atoms in total. The van der Waals surface area contributed by atoms with Gasteiger partial charge in [-0.25, -0.2) is 0 Å². The zero-order chi connectivity index (χ0) is 10.7. The first-order valence-electron chi connectivity index (χ1n) is 5.51. The molecule has 15 heavy (non-hydrogen) atoms. The number of anilines is 1. The fourth-order valence-electron chi connectivity index (χ4n) is 2.11. The minimum atomic E-state index is 0.193. The van der Waals surface area contributed by atoms with Crippen LogP contribution in [0.3, 0.4) is 0 Å². The maximum atomic E-state index is 9.28. The number of nitrogens with zero attached hydrogens (tertiary/aromatic N) is 1. The molecule has 84 valence electrons. The third-order valence-corrected chi connectivity index (χ3v) is 2.97. The number of piperidine rings is 1. The number of aliphatic hydroxyl groups is 1. The lowest BCUT2D eigenvalue weighted by Gasteiger charge is -2.34. The standard InChI is InChI=1S/C11H18N2O2/c12-7-10-4-5-11(15-10)13-6-2-1-3-9(13)8-14/h4-5,9,14H,1-3,6-8,12H2. The van der Waals surface area contributed by atoms with Crippen LogP contribution in [0.25, 0.3) is 0 Å². The molecule has 0 aliphatic carbocycles. The first kappa shape index (κ1) is 10.5. The van der Waals surface area contributed by atoms with Gasteiger partial charge in [-0.1, -0.05) is 0 Å². The van der Waals surface area contributed by atoms with Gasteiger partial charge in [-0.15, -0.1) is 0 Å². The quantitative estimate of drug-likeness (QED) is 0.784. The van der Waals surface area contributed by atoms with Gasteiger partial charge in [0.05, 0.1) is 19.2 Å². The van der Waals surface area contributed by atoms with Crippen LogP contribution in [0.1, 0.15) is 25.0 Å². The van der Waals surface area contributed by atoms with E-state index in [1.54, 1.807) is 0 Å². The Kier molecular flexibility index (Phi) is 3.28. The van der Waals surface area contributed by atoms with Crippen molar-refractivity contribution >= 4 is 5.88 Å². The minimum absolute atomic E-state index is 0.193. The van der Waals surface area contributed by atoms with Crippen LogP contribution in [-0.2, 0) is 6.54 Å². The Hall–Kier alpha value is -1.00. The van der Waals surface area contributed by atoms with Gasteiger partial charge in [-0.05, 0) is 25.3 Å². The monoisotopic (exact) mass is 210 g/mol. The van der Waals surface area contributed by atoms with Crippen LogP contribution in [0, 0.1) is 0 Å². The number of furan rings is 1. The molecule has 3 N–H and O–H groups in total. The Morgan fingerprint density at radius 1 is 1.47 bits per heavy atom. The molecular formula is C11H18N2O2. The Labute approximate surface area is 89.7 Å². The van der Waals surface area contributed by atoms with Gasteiger partial charge in [0.15, 0.2) is 5.88 Å². The summed E-state index contributed by atoms with van der Waals surface area (Å²) in [6.45, 7) is 1.58. The van der Waals surface area contributed by atoms with Crippen molar-refractivity contribution < 1.29 is 9.52 Å². The van der Waals surface area contributed by atoms with Crippen molar-refractivity contribution in [3.05, 3.63) is 17.9 Å². The van der Waals surface area contributed by atoms with Crippen LogP contribution in [0.15, 0.2) is 16.5 Å². The van der Waals surface area contributed by atoms with Crippen molar-refractivity contribution in [1.82, 2.24) is 0 Å². The average Bonchev–Trinajstić information content (AvgIpc) is 2.77. The first-order chi connectivity index (χ1) is 7.35. The highest BCUT2D eigenvalue weighted by Crippen LogP contribution is 2.26. The number of hydrogen-bond acceptors (Lipinski definition) is 4. The Morgan fingerprint density at radius 2 is 2.33 bits per heavy atom. The van der Waals surface area contributed by atoms with E-state index in [0.717, 1.165) is 31.0 Å². The van der Waals surface area contributed by atoms with Gasteiger partial charge in [-0.2, -0.15) is 0 Å². The molecule has 1 unspecified atom stereocenters. The molecule has 1 aliphatic heterocycles. The molecule has 1 aliphatic rings. The predicted octanol–water partition coefficient (Wildman–Crippen LogP) is 1.09. The van der Waals surface area contributed by atoms with E-state index in [4.69, 9.17) is 10.2 Å². The molecule has 0 spiro atoms. The molecule has 2 rings (SSSR count). The predicted molar refractivity (Wildman–Crippen MR) is 58.7 cm³/mol. The molecule has 1 aromatic heterocycles. The summed E-state index contributed by atoms with van der Waals surface area (Å²) in [5, 5.41) is 9.28. The second kappa shape index (κ2) is 4.68. The van der Waals surface area contributed by atoms with Crippen molar-refractivity contribution in [3.63, 3.8) is 0 Å². The molecule has 1 saturated heterocycles. The van der Waals surface area contributed by atoms with Crippen molar-refractivity contribution in [1.29, 1.82) is 0 Å². The summed E-state index contributed by atoms with van der Waals surface area (Å²) in [6, 6.07) is 4.05. The van der Waals surface area contributed by atoms with E-state index >= 15 is 0 Å². The van der Waals surface area contributed by atoms with Gasteiger partial charge in [-0.3, -0.25) is 0 Å². The van der Waals surface area contributed by atoms with Crippen LogP contribution in [0.5, 0.6) is 0 Å². The zero-order valence-electron chi connectivity index (χ0n) is 8.85. The van der Waals surface area contributed by atoms with Crippen LogP contribution < -0.4 is 10.6 Å². The van der Waals surface area contributed by atoms with Gasteiger partial charge >= 0.3 is 0 Å². The maximum Gasteiger partial charge on any atom is 0.196 e. The van der Waals surface area contributed by atoms with Gasteiger partial charge in [0.2, 0.25) is 0 Å². The SMILES string of the molecule is NCc1ccc(N2CCCCC2CO)o1. The fourth-order valence-corrected chi connectivity index (χ4v) is 2.11. The van der Waals surface area contributed by atoms with E-state index in [2.05, 4.69) is 4.90 Å².